The molecular formula is C18H22N2O2. The molecule has 2 N–H and O–H groups in total. The number of aliphatic carboxylic acids is 1. The zero-order valence-electron chi connectivity index (χ0n) is 13.0. The van der Waals surface area contributed by atoms with Crippen molar-refractivity contribution in [3.8, 4) is 11.3 Å². The third-order valence-corrected chi connectivity index (χ3v) is 3.72. The van der Waals surface area contributed by atoms with Gasteiger partial charge >= 0.3 is 5.97 Å². The molecule has 0 radical (unpaired) electrons. The lowest BCUT2D eigenvalue weighted by molar-refractivity contribution is -0.147. The summed E-state index contributed by atoms with van der Waals surface area (Å²) in [7, 11) is 0. The zero-order chi connectivity index (χ0) is 16.0. The van der Waals surface area contributed by atoms with Crippen LogP contribution in [0.15, 0.2) is 48.7 Å². The molecule has 1 heterocycles. The van der Waals surface area contributed by atoms with Crippen LogP contribution in [0.2, 0.25) is 0 Å². The van der Waals surface area contributed by atoms with Crippen molar-refractivity contribution in [1.29, 1.82) is 0 Å². The number of nitrogens with zero attached hydrogens (tertiary/aromatic N) is 1. The molecule has 116 valence electrons. The summed E-state index contributed by atoms with van der Waals surface area (Å²) in [4.78, 5) is 15.4. The van der Waals surface area contributed by atoms with Gasteiger partial charge in [0.2, 0.25) is 0 Å². The second-order valence-electron chi connectivity index (χ2n) is 6.03. The van der Waals surface area contributed by atoms with Crippen molar-refractivity contribution in [3.05, 3.63) is 54.2 Å². The van der Waals surface area contributed by atoms with E-state index in [2.05, 4.69) is 22.4 Å². The van der Waals surface area contributed by atoms with Gasteiger partial charge in [-0.15, -0.1) is 0 Å². The van der Waals surface area contributed by atoms with Gasteiger partial charge in [-0.05, 0) is 50.6 Å². The first-order chi connectivity index (χ1) is 10.5. The Labute approximate surface area is 131 Å². The second-order valence-corrected chi connectivity index (χ2v) is 6.03. The minimum atomic E-state index is -0.758. The van der Waals surface area contributed by atoms with Crippen molar-refractivity contribution in [1.82, 2.24) is 10.3 Å². The van der Waals surface area contributed by atoms with Crippen LogP contribution in [0.1, 0.15) is 25.8 Å². The van der Waals surface area contributed by atoms with Gasteiger partial charge in [-0.1, -0.05) is 24.3 Å². The quantitative estimate of drug-likeness (QED) is 0.770. The van der Waals surface area contributed by atoms with Crippen LogP contribution in [0.4, 0.5) is 0 Å². The van der Waals surface area contributed by atoms with Gasteiger partial charge in [0.1, 0.15) is 0 Å². The van der Waals surface area contributed by atoms with Crippen LogP contribution in [0.3, 0.4) is 0 Å². The molecule has 0 aliphatic rings. The smallest absolute Gasteiger partial charge is 0.309 e. The summed E-state index contributed by atoms with van der Waals surface area (Å²) in [5.41, 5.74) is 2.52. The average molecular weight is 298 g/mol. The maximum atomic E-state index is 11.1. The van der Waals surface area contributed by atoms with E-state index in [4.69, 9.17) is 5.11 Å². The molecule has 1 aromatic heterocycles. The van der Waals surface area contributed by atoms with Crippen LogP contribution in [0.5, 0.6) is 0 Å². The predicted octanol–water partition coefficient (Wildman–Crippen LogP) is 3.34. The second kappa shape index (κ2) is 7.18. The van der Waals surface area contributed by atoms with E-state index < -0.39 is 11.4 Å². The van der Waals surface area contributed by atoms with E-state index in [0.717, 1.165) is 23.4 Å². The summed E-state index contributed by atoms with van der Waals surface area (Å²) < 4.78 is 0. The van der Waals surface area contributed by atoms with Gasteiger partial charge in [0.25, 0.3) is 0 Å². The molecule has 22 heavy (non-hydrogen) atoms. The van der Waals surface area contributed by atoms with E-state index in [1.165, 1.54) is 0 Å². The first-order valence-corrected chi connectivity index (χ1v) is 7.43. The highest BCUT2D eigenvalue weighted by molar-refractivity contribution is 5.73. The van der Waals surface area contributed by atoms with Gasteiger partial charge < -0.3 is 10.4 Å². The standard InChI is InChI=1S/C18H22N2O2/c1-18(2,17(21)22)9-11-19-13-14-6-5-7-15(12-14)16-8-3-4-10-20-16/h3-8,10,12,19H,9,11,13H2,1-2H3,(H,21,22). The molecule has 4 nitrogen and oxygen atoms in total. The lowest BCUT2D eigenvalue weighted by Crippen LogP contribution is -2.28. The fourth-order valence-corrected chi connectivity index (χ4v) is 2.11. The lowest BCUT2D eigenvalue weighted by atomic mass is 9.90. The van der Waals surface area contributed by atoms with Gasteiger partial charge in [0.15, 0.2) is 0 Å². The van der Waals surface area contributed by atoms with Crippen molar-refractivity contribution < 1.29 is 9.90 Å². The molecule has 0 atom stereocenters. The zero-order valence-corrected chi connectivity index (χ0v) is 13.0. The maximum Gasteiger partial charge on any atom is 0.309 e. The first-order valence-electron chi connectivity index (χ1n) is 7.43. The van der Waals surface area contributed by atoms with Gasteiger partial charge in [-0.3, -0.25) is 9.78 Å². The SMILES string of the molecule is CC(C)(CCNCc1cccc(-c2ccccn2)c1)C(=O)O. The Kier molecular flexibility index (Phi) is 5.28. The Balaban J connectivity index is 1.91. The normalized spacial score (nSPS) is 11.4. The molecule has 0 bridgehead atoms. The van der Waals surface area contributed by atoms with Crippen molar-refractivity contribution in [2.75, 3.05) is 6.54 Å². The van der Waals surface area contributed by atoms with Crippen molar-refractivity contribution in [2.45, 2.75) is 26.8 Å². The first kappa shape index (κ1) is 16.2. The van der Waals surface area contributed by atoms with E-state index in [1.54, 1.807) is 20.0 Å². The summed E-state index contributed by atoms with van der Waals surface area (Å²) in [6.07, 6.45) is 2.39. The minimum absolute atomic E-state index is 0.599. The number of hydrogen-bond acceptors (Lipinski definition) is 3. The highest BCUT2D eigenvalue weighted by Crippen LogP contribution is 2.20. The molecule has 0 unspecified atom stereocenters. The molecule has 2 aromatic rings. The number of aromatic nitrogens is 1. The van der Waals surface area contributed by atoms with Crippen LogP contribution in [0.25, 0.3) is 11.3 Å². The molecule has 4 heteroatoms. The summed E-state index contributed by atoms with van der Waals surface area (Å²) >= 11 is 0. The number of benzene rings is 1. The molecule has 0 fully saturated rings. The number of carbonyl (C=O) groups is 1. The maximum absolute atomic E-state index is 11.1. The topological polar surface area (TPSA) is 62.2 Å². The van der Waals surface area contributed by atoms with Gasteiger partial charge in [-0.2, -0.15) is 0 Å². The Morgan fingerprint density at radius 2 is 2.05 bits per heavy atom. The van der Waals surface area contributed by atoms with E-state index in [0.29, 0.717) is 13.0 Å². The molecular weight excluding hydrogens is 276 g/mol. The van der Waals surface area contributed by atoms with E-state index >= 15 is 0 Å². The Morgan fingerprint density at radius 3 is 2.73 bits per heavy atom. The Morgan fingerprint density at radius 1 is 1.23 bits per heavy atom. The van der Waals surface area contributed by atoms with Crippen LogP contribution in [-0.4, -0.2) is 22.6 Å². The molecule has 0 spiro atoms. The number of nitrogens with one attached hydrogen (secondary N) is 1. The minimum Gasteiger partial charge on any atom is -0.481 e. The Hall–Kier alpha value is -2.20. The summed E-state index contributed by atoms with van der Waals surface area (Å²) in [6, 6.07) is 14.1. The van der Waals surface area contributed by atoms with Crippen LogP contribution < -0.4 is 5.32 Å². The summed E-state index contributed by atoms with van der Waals surface area (Å²) in [5, 5.41) is 12.4. The van der Waals surface area contributed by atoms with Crippen molar-refractivity contribution >= 4 is 5.97 Å². The van der Waals surface area contributed by atoms with Crippen LogP contribution in [-0.2, 0) is 11.3 Å². The van der Waals surface area contributed by atoms with Gasteiger partial charge in [-0.25, -0.2) is 0 Å². The van der Waals surface area contributed by atoms with Gasteiger partial charge in [0, 0.05) is 18.3 Å². The largest absolute Gasteiger partial charge is 0.481 e. The third kappa shape index (κ3) is 4.40. The third-order valence-electron chi connectivity index (χ3n) is 3.72. The van der Waals surface area contributed by atoms with Crippen LogP contribution in [0, 0.1) is 5.41 Å². The predicted molar refractivity (Wildman–Crippen MR) is 87.4 cm³/mol. The van der Waals surface area contributed by atoms with Gasteiger partial charge in [0.05, 0.1) is 11.1 Å². The molecule has 0 aliphatic heterocycles. The fraction of sp³-hybridized carbons (Fsp3) is 0.333. The molecule has 0 amide bonds. The molecule has 2 rings (SSSR count). The monoisotopic (exact) mass is 298 g/mol. The molecule has 0 aliphatic carbocycles. The number of hydrogen-bond donors (Lipinski definition) is 2. The number of carboxylic acids is 1. The highest BCUT2D eigenvalue weighted by atomic mass is 16.4. The van der Waals surface area contributed by atoms with E-state index in [-0.39, 0.29) is 0 Å². The molecule has 1 aromatic carbocycles. The number of carboxylic acid groups (broad SMARTS) is 1. The Bertz CT molecular complexity index is 624. The van der Waals surface area contributed by atoms with Crippen molar-refractivity contribution in [3.63, 3.8) is 0 Å². The molecule has 0 saturated heterocycles. The van der Waals surface area contributed by atoms with E-state index in [9.17, 15) is 4.79 Å². The van der Waals surface area contributed by atoms with Crippen molar-refractivity contribution in [2.24, 2.45) is 5.41 Å². The fourth-order valence-electron chi connectivity index (χ4n) is 2.11. The average Bonchev–Trinajstić information content (AvgIpc) is 2.53. The lowest BCUT2D eigenvalue weighted by Gasteiger charge is -2.19. The van der Waals surface area contributed by atoms with E-state index in [1.807, 2.05) is 30.3 Å². The molecule has 0 saturated carbocycles. The number of rotatable bonds is 7. The highest BCUT2D eigenvalue weighted by Gasteiger charge is 2.25. The summed E-state index contributed by atoms with van der Waals surface area (Å²) in [6.45, 7) is 4.89. The van der Waals surface area contributed by atoms with Crippen LogP contribution >= 0.6 is 0 Å². The number of pyridine rings is 1. The summed E-state index contributed by atoms with van der Waals surface area (Å²) in [5.74, 6) is -0.758.